The summed E-state index contributed by atoms with van der Waals surface area (Å²) >= 11 is 0. The van der Waals surface area contributed by atoms with Crippen molar-refractivity contribution in [2.45, 2.75) is 75.5 Å². The van der Waals surface area contributed by atoms with Gasteiger partial charge >= 0.3 is 0 Å². The molecule has 0 aromatic heterocycles. The van der Waals surface area contributed by atoms with Crippen LogP contribution in [-0.2, 0) is 24.3 Å². The minimum absolute atomic E-state index is 0.0462. The monoisotopic (exact) mass is 559 g/mol. The Balaban J connectivity index is 1.46. The number of rotatable bonds is 10. The average Bonchev–Trinajstić information content (AvgIpc) is 3.49. The van der Waals surface area contributed by atoms with Gasteiger partial charge in [0, 0.05) is 11.3 Å². The van der Waals surface area contributed by atoms with Crippen LogP contribution >= 0.6 is 0 Å². The second kappa shape index (κ2) is 11.8. The van der Waals surface area contributed by atoms with E-state index in [-0.39, 0.29) is 34.0 Å². The predicted molar refractivity (Wildman–Crippen MR) is 143 cm³/mol. The van der Waals surface area contributed by atoms with Crippen molar-refractivity contribution in [2.75, 3.05) is 11.3 Å². The van der Waals surface area contributed by atoms with Gasteiger partial charge in [0.15, 0.2) is 5.78 Å². The van der Waals surface area contributed by atoms with Crippen LogP contribution in [0.25, 0.3) is 0 Å². The smallest absolute Gasteiger partial charge is 0.261 e. The molecule has 1 aliphatic heterocycles. The number of amides is 2. The lowest BCUT2D eigenvalue weighted by molar-refractivity contribution is -0.128. The number of Topliss-reactive ketones (excluding diaryl/α,β-unsaturated/α-hetero) is 1. The first kappa shape index (κ1) is 28.7. The van der Waals surface area contributed by atoms with Gasteiger partial charge < -0.3 is 15.4 Å². The van der Waals surface area contributed by atoms with Crippen LogP contribution in [0.1, 0.15) is 62.7 Å². The van der Waals surface area contributed by atoms with E-state index in [0.717, 1.165) is 49.9 Å². The zero-order valence-electron chi connectivity index (χ0n) is 22.0. The Hall–Kier alpha value is -3.31. The first-order valence-electron chi connectivity index (χ1n) is 13.1. The zero-order valence-corrected chi connectivity index (χ0v) is 22.9. The van der Waals surface area contributed by atoms with Crippen molar-refractivity contribution in [1.82, 2.24) is 10.6 Å². The number of anilines is 1. The average molecular weight is 560 g/mol. The van der Waals surface area contributed by atoms with Crippen molar-refractivity contribution in [3.05, 3.63) is 59.9 Å². The largest absolute Gasteiger partial charge is 0.368 e. The number of hydrogen-bond acceptors (Lipinski definition) is 6. The van der Waals surface area contributed by atoms with Crippen molar-refractivity contribution in [2.24, 2.45) is 5.41 Å². The van der Waals surface area contributed by atoms with Crippen molar-refractivity contribution in [3.63, 3.8) is 0 Å². The van der Waals surface area contributed by atoms with Crippen molar-refractivity contribution in [1.29, 1.82) is 0 Å². The highest BCUT2D eigenvalue weighted by Crippen LogP contribution is 2.41. The summed E-state index contributed by atoms with van der Waals surface area (Å²) in [5, 5.41) is 5.63. The van der Waals surface area contributed by atoms with E-state index in [0.29, 0.717) is 12.8 Å². The fourth-order valence-electron chi connectivity index (χ4n) is 5.26. The Morgan fingerprint density at radius 1 is 1.08 bits per heavy atom. The van der Waals surface area contributed by atoms with E-state index in [1.807, 2.05) is 6.92 Å². The third kappa shape index (κ3) is 7.02. The number of ketones is 1. The van der Waals surface area contributed by atoms with Gasteiger partial charge in [-0.15, -0.1) is 0 Å². The molecule has 1 aliphatic carbocycles. The number of halogens is 1. The van der Waals surface area contributed by atoms with Crippen LogP contribution in [0.2, 0.25) is 0 Å². The Labute approximate surface area is 227 Å². The summed E-state index contributed by atoms with van der Waals surface area (Å²) in [4.78, 5) is 38.7. The highest BCUT2D eigenvalue weighted by molar-refractivity contribution is 7.92. The molecule has 2 aromatic carbocycles. The molecule has 1 heterocycles. The maximum absolute atomic E-state index is 13.3. The second-order valence-electron chi connectivity index (χ2n) is 10.6. The van der Waals surface area contributed by atoms with Crippen molar-refractivity contribution >= 4 is 33.3 Å². The highest BCUT2D eigenvalue weighted by Gasteiger charge is 2.40. The Bertz CT molecular complexity index is 1310. The fourth-order valence-corrected chi connectivity index (χ4v) is 6.32. The molecule has 1 saturated heterocycles. The van der Waals surface area contributed by atoms with E-state index in [1.54, 1.807) is 0 Å². The van der Waals surface area contributed by atoms with Crippen LogP contribution in [0.3, 0.4) is 0 Å². The molecule has 9 nitrogen and oxygen atoms in total. The Kier molecular flexibility index (Phi) is 8.70. The molecular weight excluding hydrogens is 525 g/mol. The molecule has 2 aromatic rings. The maximum Gasteiger partial charge on any atom is 0.261 e. The van der Waals surface area contributed by atoms with Crippen LogP contribution in [0.4, 0.5) is 10.1 Å². The second-order valence-corrected chi connectivity index (χ2v) is 12.3. The van der Waals surface area contributed by atoms with E-state index < -0.39 is 45.8 Å². The van der Waals surface area contributed by atoms with Gasteiger partial charge in [-0.3, -0.25) is 19.1 Å². The summed E-state index contributed by atoms with van der Waals surface area (Å²) in [7, 11) is -3.94. The van der Waals surface area contributed by atoms with Crippen LogP contribution in [0.5, 0.6) is 0 Å². The number of carbonyl (C=O) groups excluding carboxylic acids is 3. The molecule has 2 amide bonds. The number of benzene rings is 2. The van der Waals surface area contributed by atoms with Gasteiger partial charge in [-0.1, -0.05) is 26.7 Å². The van der Waals surface area contributed by atoms with Crippen molar-refractivity contribution < 1.29 is 31.9 Å². The fraction of sp³-hybridized carbons (Fsp3) is 0.464. The quantitative estimate of drug-likeness (QED) is 0.408. The van der Waals surface area contributed by atoms with Gasteiger partial charge in [-0.2, -0.15) is 0 Å². The van der Waals surface area contributed by atoms with Crippen LogP contribution in [-0.4, -0.2) is 50.8 Å². The minimum atomic E-state index is -3.94. The molecule has 2 fully saturated rings. The molecule has 11 heteroatoms. The first-order valence-corrected chi connectivity index (χ1v) is 14.6. The predicted octanol–water partition coefficient (Wildman–Crippen LogP) is 3.56. The minimum Gasteiger partial charge on any atom is -0.368 e. The lowest BCUT2D eigenvalue weighted by Gasteiger charge is -2.30. The van der Waals surface area contributed by atoms with Gasteiger partial charge in [0.1, 0.15) is 24.5 Å². The molecule has 0 unspecified atom stereocenters. The molecule has 1 saturated carbocycles. The number of hydrogen-bond donors (Lipinski definition) is 3. The van der Waals surface area contributed by atoms with Crippen LogP contribution < -0.4 is 15.4 Å². The highest BCUT2D eigenvalue weighted by atomic mass is 32.2. The maximum atomic E-state index is 13.3. The zero-order chi connectivity index (χ0) is 28.2. The van der Waals surface area contributed by atoms with Gasteiger partial charge in [0.05, 0.1) is 11.0 Å². The molecule has 0 spiro atoms. The van der Waals surface area contributed by atoms with Gasteiger partial charge in [-0.05, 0) is 79.6 Å². The molecular formula is C28H34FN3O6S. The topological polar surface area (TPSA) is 131 Å². The Morgan fingerprint density at radius 3 is 2.33 bits per heavy atom. The molecule has 0 bridgehead atoms. The molecule has 0 radical (unpaired) electrons. The summed E-state index contributed by atoms with van der Waals surface area (Å²) in [6, 6.07) is 8.59. The lowest BCUT2D eigenvalue weighted by Crippen LogP contribution is -2.54. The van der Waals surface area contributed by atoms with E-state index in [2.05, 4.69) is 22.3 Å². The summed E-state index contributed by atoms with van der Waals surface area (Å²) in [5.74, 6) is -1.66. The lowest BCUT2D eigenvalue weighted by atomic mass is 9.81. The standard InChI is InChI=1S/C28H34FN3O6S/c1-3-24-25(23(33)17-38-24)31-27(35)22(16-28(2)14-4-5-15-28)30-26(34)18-6-10-20(11-7-18)32-39(36,37)21-12-8-19(29)9-13-21/h6-13,22,24-25,32H,3-5,14-17H2,1-2H3,(H,30,34)(H,31,35)/t22-,24-,25+/m0/s1. The van der Waals surface area contributed by atoms with Gasteiger partial charge in [0.25, 0.3) is 15.9 Å². The molecule has 210 valence electrons. The molecule has 4 rings (SSSR count). The van der Waals surface area contributed by atoms with Crippen molar-refractivity contribution in [3.8, 4) is 0 Å². The van der Waals surface area contributed by atoms with Crippen LogP contribution in [0.15, 0.2) is 53.4 Å². The number of nitrogens with one attached hydrogen (secondary N) is 3. The summed E-state index contributed by atoms with van der Waals surface area (Å²) < 4.78 is 46.2. The van der Waals surface area contributed by atoms with E-state index in [4.69, 9.17) is 4.74 Å². The Morgan fingerprint density at radius 2 is 1.72 bits per heavy atom. The molecule has 39 heavy (non-hydrogen) atoms. The van der Waals surface area contributed by atoms with Crippen LogP contribution in [0, 0.1) is 11.2 Å². The third-order valence-corrected chi connectivity index (χ3v) is 8.91. The van der Waals surface area contributed by atoms with Gasteiger partial charge in [0.2, 0.25) is 5.91 Å². The summed E-state index contributed by atoms with van der Waals surface area (Å²) in [5.41, 5.74) is 0.341. The molecule has 3 N–H and O–H groups in total. The number of sulfonamides is 1. The molecule has 3 atom stereocenters. The number of carbonyl (C=O) groups is 3. The summed E-state index contributed by atoms with van der Waals surface area (Å²) in [6.07, 6.45) is 4.60. The van der Waals surface area contributed by atoms with E-state index in [9.17, 15) is 27.2 Å². The van der Waals surface area contributed by atoms with E-state index in [1.165, 1.54) is 24.3 Å². The third-order valence-electron chi connectivity index (χ3n) is 7.51. The summed E-state index contributed by atoms with van der Waals surface area (Å²) in [6.45, 7) is 3.94. The number of ether oxygens (including phenoxy) is 1. The first-order chi connectivity index (χ1) is 18.5. The molecule has 2 aliphatic rings. The SMILES string of the molecule is CC[C@@H]1OCC(=O)[C@H]1NC(=O)[C@H](CC1(C)CCCC1)NC(=O)c1ccc(NS(=O)(=O)c2ccc(F)cc2)cc1. The normalized spacial score (nSPS) is 21.4. The van der Waals surface area contributed by atoms with Gasteiger partial charge in [-0.25, -0.2) is 12.8 Å². The van der Waals surface area contributed by atoms with E-state index >= 15 is 0 Å².